The number of ether oxygens (including phenoxy) is 1. The average molecular weight is 274 g/mol. The lowest BCUT2D eigenvalue weighted by Gasteiger charge is -2.20. The van der Waals surface area contributed by atoms with E-state index in [0.717, 1.165) is 12.1 Å². The van der Waals surface area contributed by atoms with Gasteiger partial charge in [0.15, 0.2) is 0 Å². The number of methoxy groups -OCH3 is 1. The van der Waals surface area contributed by atoms with Gasteiger partial charge < -0.3 is 9.84 Å². The van der Waals surface area contributed by atoms with Gasteiger partial charge in [-0.15, -0.1) is 0 Å². The van der Waals surface area contributed by atoms with Gasteiger partial charge in [-0.2, -0.15) is 5.26 Å². The molecule has 1 aromatic carbocycles. The number of carboxylic acids is 1. The molecule has 1 N–H and O–H groups in total. The van der Waals surface area contributed by atoms with E-state index in [1.807, 2.05) is 11.0 Å². The lowest BCUT2D eigenvalue weighted by atomic mass is 10.1. The zero-order valence-corrected chi connectivity index (χ0v) is 11.5. The maximum atomic E-state index is 10.9. The Morgan fingerprint density at radius 2 is 2.30 bits per heavy atom. The molecule has 0 bridgehead atoms. The molecule has 0 spiro atoms. The van der Waals surface area contributed by atoms with Crippen LogP contribution in [0.2, 0.25) is 0 Å². The summed E-state index contributed by atoms with van der Waals surface area (Å²) in [4.78, 5) is 12.8. The van der Waals surface area contributed by atoms with E-state index in [1.54, 1.807) is 12.1 Å². The Morgan fingerprint density at radius 1 is 1.55 bits per heavy atom. The van der Waals surface area contributed by atoms with Crippen LogP contribution >= 0.6 is 0 Å². The molecular weight excluding hydrogens is 256 g/mol. The molecule has 1 fully saturated rings. The maximum Gasteiger partial charge on any atom is 0.317 e. The highest BCUT2D eigenvalue weighted by Crippen LogP contribution is 2.30. The number of carbonyl (C=O) groups is 1. The van der Waals surface area contributed by atoms with Gasteiger partial charge in [-0.1, -0.05) is 6.07 Å². The van der Waals surface area contributed by atoms with E-state index >= 15 is 0 Å². The third-order valence-corrected chi connectivity index (χ3v) is 3.36. The summed E-state index contributed by atoms with van der Waals surface area (Å²) in [6.07, 6.45) is 2.37. The van der Waals surface area contributed by atoms with Gasteiger partial charge in [-0.05, 0) is 36.5 Å². The monoisotopic (exact) mass is 274 g/mol. The predicted molar refractivity (Wildman–Crippen MR) is 73.3 cm³/mol. The summed E-state index contributed by atoms with van der Waals surface area (Å²) in [6, 6.07) is 7.44. The number of nitrogens with zero attached hydrogens (tertiary/aromatic N) is 2. The molecule has 5 nitrogen and oxygen atoms in total. The molecule has 1 aliphatic rings. The maximum absolute atomic E-state index is 10.9. The van der Waals surface area contributed by atoms with E-state index in [0.29, 0.717) is 23.8 Å². The minimum atomic E-state index is -0.814. The van der Waals surface area contributed by atoms with Crippen LogP contribution < -0.4 is 4.74 Å². The number of hydrogen-bond acceptors (Lipinski definition) is 4. The first kappa shape index (κ1) is 14.4. The first-order chi connectivity index (χ1) is 9.62. The van der Waals surface area contributed by atoms with Gasteiger partial charge in [-0.25, -0.2) is 0 Å². The van der Waals surface area contributed by atoms with Gasteiger partial charge in [0, 0.05) is 13.1 Å². The van der Waals surface area contributed by atoms with Crippen molar-refractivity contribution in [2.75, 3.05) is 20.2 Å². The van der Waals surface area contributed by atoms with Crippen molar-refractivity contribution in [3.8, 4) is 11.8 Å². The molecule has 1 aliphatic carbocycles. The molecule has 1 aromatic rings. The Kier molecular flexibility index (Phi) is 4.59. The molecule has 0 heterocycles. The number of nitriles is 1. The summed E-state index contributed by atoms with van der Waals surface area (Å²) in [6.45, 7) is 1.41. The number of rotatable bonds is 7. The van der Waals surface area contributed by atoms with E-state index in [1.165, 1.54) is 20.0 Å². The molecule has 5 heteroatoms. The molecule has 0 radical (unpaired) electrons. The van der Waals surface area contributed by atoms with E-state index < -0.39 is 5.97 Å². The second kappa shape index (κ2) is 6.40. The van der Waals surface area contributed by atoms with Crippen LogP contribution in [0.1, 0.15) is 24.0 Å². The second-order valence-corrected chi connectivity index (χ2v) is 5.15. The van der Waals surface area contributed by atoms with Crippen LogP contribution in [0.5, 0.6) is 5.75 Å². The molecule has 0 aromatic heterocycles. The highest BCUT2D eigenvalue weighted by Gasteiger charge is 2.25. The van der Waals surface area contributed by atoms with Crippen LogP contribution in [0.4, 0.5) is 0 Å². The summed E-state index contributed by atoms with van der Waals surface area (Å²) in [5.41, 5.74) is 1.45. The first-order valence-corrected chi connectivity index (χ1v) is 6.63. The van der Waals surface area contributed by atoms with E-state index in [9.17, 15) is 4.79 Å². The number of carboxylic acid groups (broad SMARTS) is 1. The number of hydrogen-bond donors (Lipinski definition) is 1. The Hall–Kier alpha value is -2.06. The van der Waals surface area contributed by atoms with Crippen LogP contribution in [0.25, 0.3) is 0 Å². The van der Waals surface area contributed by atoms with Crippen molar-refractivity contribution in [3.05, 3.63) is 29.3 Å². The fraction of sp³-hybridized carbons (Fsp3) is 0.467. The molecule has 0 aliphatic heterocycles. The van der Waals surface area contributed by atoms with Crippen molar-refractivity contribution >= 4 is 5.97 Å². The molecule has 0 atom stereocenters. The lowest BCUT2D eigenvalue weighted by molar-refractivity contribution is -0.138. The lowest BCUT2D eigenvalue weighted by Crippen LogP contribution is -2.31. The Labute approximate surface area is 118 Å². The normalized spacial score (nSPS) is 14.1. The fourth-order valence-corrected chi connectivity index (χ4v) is 2.23. The van der Waals surface area contributed by atoms with E-state index in [4.69, 9.17) is 15.1 Å². The third kappa shape index (κ3) is 3.97. The van der Waals surface area contributed by atoms with Gasteiger partial charge in [0.1, 0.15) is 11.8 Å². The third-order valence-electron chi connectivity index (χ3n) is 3.36. The standard InChI is InChI=1S/C15H18N2O3/c1-20-14-6-12(4-5-13(14)7-16)9-17(10-15(18)19)8-11-2-3-11/h4-6,11H,2-3,8-10H2,1H3,(H,18,19). The zero-order chi connectivity index (χ0) is 14.5. The van der Waals surface area contributed by atoms with Crippen molar-refractivity contribution in [2.45, 2.75) is 19.4 Å². The van der Waals surface area contributed by atoms with Crippen molar-refractivity contribution in [1.29, 1.82) is 5.26 Å². The molecule has 0 unspecified atom stereocenters. The van der Waals surface area contributed by atoms with Crippen LogP contribution in [0.3, 0.4) is 0 Å². The van der Waals surface area contributed by atoms with Crippen molar-refractivity contribution < 1.29 is 14.6 Å². The summed E-state index contributed by atoms with van der Waals surface area (Å²) >= 11 is 0. The Bertz CT molecular complexity index is 532. The smallest absolute Gasteiger partial charge is 0.317 e. The van der Waals surface area contributed by atoms with Crippen LogP contribution in [0, 0.1) is 17.2 Å². The second-order valence-electron chi connectivity index (χ2n) is 5.15. The van der Waals surface area contributed by atoms with Gasteiger partial charge in [0.05, 0.1) is 19.2 Å². The van der Waals surface area contributed by atoms with Gasteiger partial charge in [-0.3, -0.25) is 9.69 Å². The Morgan fingerprint density at radius 3 is 2.85 bits per heavy atom. The number of aliphatic carboxylic acids is 1. The zero-order valence-electron chi connectivity index (χ0n) is 11.5. The van der Waals surface area contributed by atoms with Crippen LogP contribution in [-0.2, 0) is 11.3 Å². The van der Waals surface area contributed by atoms with Gasteiger partial charge >= 0.3 is 5.97 Å². The molecular formula is C15H18N2O3. The van der Waals surface area contributed by atoms with Gasteiger partial charge in [0.25, 0.3) is 0 Å². The summed E-state index contributed by atoms with van der Waals surface area (Å²) in [7, 11) is 1.53. The Balaban J connectivity index is 2.08. The predicted octanol–water partition coefficient (Wildman–Crippen LogP) is 1.86. The number of benzene rings is 1. The SMILES string of the molecule is COc1cc(CN(CC(=O)O)CC2CC2)ccc1C#N. The molecule has 0 saturated heterocycles. The van der Waals surface area contributed by atoms with Crippen LogP contribution in [0.15, 0.2) is 18.2 Å². The fourth-order valence-electron chi connectivity index (χ4n) is 2.23. The quantitative estimate of drug-likeness (QED) is 0.821. The largest absolute Gasteiger partial charge is 0.495 e. The summed E-state index contributed by atoms with van der Waals surface area (Å²) < 4.78 is 5.18. The molecule has 106 valence electrons. The minimum absolute atomic E-state index is 0.0405. The topological polar surface area (TPSA) is 73.6 Å². The molecule has 0 amide bonds. The van der Waals surface area contributed by atoms with Crippen molar-refractivity contribution in [3.63, 3.8) is 0 Å². The van der Waals surface area contributed by atoms with Crippen molar-refractivity contribution in [1.82, 2.24) is 4.90 Å². The van der Waals surface area contributed by atoms with Gasteiger partial charge in [0.2, 0.25) is 0 Å². The highest BCUT2D eigenvalue weighted by atomic mass is 16.5. The molecule has 1 saturated carbocycles. The average Bonchev–Trinajstić information content (AvgIpc) is 3.21. The van der Waals surface area contributed by atoms with Crippen molar-refractivity contribution in [2.24, 2.45) is 5.92 Å². The molecule has 2 rings (SSSR count). The molecule has 20 heavy (non-hydrogen) atoms. The summed E-state index contributed by atoms with van der Waals surface area (Å²) in [5.74, 6) is 0.354. The summed E-state index contributed by atoms with van der Waals surface area (Å²) in [5, 5.41) is 17.9. The van der Waals surface area contributed by atoms with E-state index in [2.05, 4.69) is 6.07 Å². The van der Waals surface area contributed by atoms with Crippen LogP contribution in [-0.4, -0.2) is 36.2 Å². The minimum Gasteiger partial charge on any atom is -0.495 e. The first-order valence-electron chi connectivity index (χ1n) is 6.63. The highest BCUT2D eigenvalue weighted by molar-refractivity contribution is 5.69. The van der Waals surface area contributed by atoms with E-state index in [-0.39, 0.29) is 6.54 Å².